The third-order valence-electron chi connectivity index (χ3n) is 2.54. The average molecular weight is 245 g/mol. The molecule has 7 nitrogen and oxygen atoms in total. The summed E-state index contributed by atoms with van der Waals surface area (Å²) >= 11 is 0. The molecule has 18 heavy (non-hydrogen) atoms. The predicted octanol–water partition coefficient (Wildman–Crippen LogP) is 1.21. The summed E-state index contributed by atoms with van der Waals surface area (Å²) < 4.78 is 4.92. The van der Waals surface area contributed by atoms with Crippen LogP contribution >= 0.6 is 0 Å². The molecule has 0 aliphatic heterocycles. The van der Waals surface area contributed by atoms with Crippen LogP contribution in [0.4, 0.5) is 0 Å². The molecule has 2 aromatic heterocycles. The summed E-state index contributed by atoms with van der Waals surface area (Å²) in [6, 6.07) is 6.45. The van der Waals surface area contributed by atoms with Crippen LogP contribution in [-0.4, -0.2) is 26.3 Å². The molecular formula is C11H7N3O4. The Labute approximate surface area is 99.1 Å². The number of oxazole rings is 1. The lowest BCUT2D eigenvalue weighted by Crippen LogP contribution is -1.95. The first-order valence-electron chi connectivity index (χ1n) is 5.06. The first-order valence-corrected chi connectivity index (χ1v) is 5.06. The van der Waals surface area contributed by atoms with Gasteiger partial charge in [0.25, 0.3) is 0 Å². The molecule has 0 amide bonds. The zero-order valence-electron chi connectivity index (χ0n) is 8.93. The van der Waals surface area contributed by atoms with Crippen LogP contribution in [0, 0.1) is 0 Å². The fraction of sp³-hybridized carbons (Fsp3) is 0. The Balaban J connectivity index is 2.24. The number of nitrogens with one attached hydrogen (secondary N) is 2. The average Bonchev–Trinajstić information content (AvgIpc) is 2.92. The summed E-state index contributed by atoms with van der Waals surface area (Å²) in [7, 11) is 0. The molecule has 0 saturated carbocycles. The maximum absolute atomic E-state index is 11.1. The second-order valence-corrected chi connectivity index (χ2v) is 3.67. The van der Waals surface area contributed by atoms with Crippen LogP contribution in [0.15, 0.2) is 33.5 Å². The van der Waals surface area contributed by atoms with Crippen molar-refractivity contribution in [2.24, 2.45) is 0 Å². The number of hydrogen-bond donors (Lipinski definition) is 3. The van der Waals surface area contributed by atoms with Crippen molar-refractivity contribution in [3.8, 4) is 11.3 Å². The van der Waals surface area contributed by atoms with Crippen LogP contribution in [0.25, 0.3) is 22.4 Å². The van der Waals surface area contributed by atoms with E-state index in [4.69, 9.17) is 9.52 Å². The number of para-hydroxylation sites is 1. The van der Waals surface area contributed by atoms with Crippen molar-refractivity contribution in [3.63, 3.8) is 0 Å². The summed E-state index contributed by atoms with van der Waals surface area (Å²) in [6.45, 7) is 0. The maximum Gasteiger partial charge on any atom is 0.417 e. The van der Waals surface area contributed by atoms with Gasteiger partial charge in [-0.15, -0.1) is 0 Å². The zero-order chi connectivity index (χ0) is 12.7. The van der Waals surface area contributed by atoms with Gasteiger partial charge in [0.05, 0.1) is 11.2 Å². The van der Waals surface area contributed by atoms with Gasteiger partial charge in [0.15, 0.2) is 5.58 Å². The van der Waals surface area contributed by atoms with E-state index in [-0.39, 0.29) is 5.69 Å². The summed E-state index contributed by atoms with van der Waals surface area (Å²) in [4.78, 5) is 24.4. The second kappa shape index (κ2) is 3.59. The van der Waals surface area contributed by atoms with E-state index < -0.39 is 11.7 Å². The maximum atomic E-state index is 11.1. The number of benzene rings is 1. The minimum absolute atomic E-state index is 0.0205. The first-order chi connectivity index (χ1) is 8.65. The van der Waals surface area contributed by atoms with Gasteiger partial charge in [-0.25, -0.2) is 9.59 Å². The third kappa shape index (κ3) is 1.49. The van der Waals surface area contributed by atoms with Crippen molar-refractivity contribution in [1.29, 1.82) is 0 Å². The monoisotopic (exact) mass is 245 g/mol. The molecule has 0 fully saturated rings. The molecule has 0 saturated heterocycles. The Bertz CT molecular complexity index is 796. The predicted molar refractivity (Wildman–Crippen MR) is 61.4 cm³/mol. The number of carboxylic acid groups (broad SMARTS) is 1. The topological polar surface area (TPSA) is 112 Å². The van der Waals surface area contributed by atoms with Gasteiger partial charge < -0.3 is 9.52 Å². The highest BCUT2D eigenvalue weighted by Gasteiger charge is 2.13. The largest absolute Gasteiger partial charge is 0.477 e. The molecule has 7 heteroatoms. The van der Waals surface area contributed by atoms with Crippen LogP contribution in [-0.2, 0) is 0 Å². The van der Waals surface area contributed by atoms with Crippen LogP contribution in [0.2, 0.25) is 0 Å². The number of carboxylic acids is 1. The summed E-state index contributed by atoms with van der Waals surface area (Å²) in [5, 5.41) is 15.1. The SMILES string of the molecule is O=C(O)c1cc(-c2cccc3oc(=O)[nH]c23)n[nH]1. The van der Waals surface area contributed by atoms with Gasteiger partial charge in [0, 0.05) is 5.56 Å². The van der Waals surface area contributed by atoms with Crippen LogP contribution < -0.4 is 5.76 Å². The quantitative estimate of drug-likeness (QED) is 0.628. The van der Waals surface area contributed by atoms with Gasteiger partial charge in [-0.05, 0) is 12.1 Å². The van der Waals surface area contributed by atoms with Crippen molar-refractivity contribution in [3.05, 3.63) is 40.5 Å². The second-order valence-electron chi connectivity index (χ2n) is 3.67. The normalized spacial score (nSPS) is 10.9. The van der Waals surface area contributed by atoms with Crippen LogP contribution in [0.5, 0.6) is 0 Å². The highest BCUT2D eigenvalue weighted by atomic mass is 16.4. The van der Waals surface area contributed by atoms with E-state index in [1.165, 1.54) is 6.07 Å². The number of aromatic carboxylic acids is 1. The van der Waals surface area contributed by atoms with E-state index >= 15 is 0 Å². The summed E-state index contributed by atoms with van der Waals surface area (Å²) in [6.07, 6.45) is 0. The molecule has 0 radical (unpaired) electrons. The lowest BCUT2D eigenvalue weighted by atomic mass is 10.1. The zero-order valence-corrected chi connectivity index (χ0v) is 8.93. The lowest BCUT2D eigenvalue weighted by Gasteiger charge is -1.96. The molecule has 0 aliphatic rings. The fourth-order valence-electron chi connectivity index (χ4n) is 1.76. The van der Waals surface area contributed by atoms with Crippen molar-refractivity contribution >= 4 is 17.1 Å². The van der Waals surface area contributed by atoms with Gasteiger partial charge in [0.1, 0.15) is 5.69 Å². The molecule has 3 N–H and O–H groups in total. The van der Waals surface area contributed by atoms with Gasteiger partial charge in [-0.2, -0.15) is 5.10 Å². The Morgan fingerprint density at radius 2 is 2.22 bits per heavy atom. The standard InChI is InChI=1S/C11H7N3O4/c15-10(16)7-4-6(13-14-7)5-2-1-3-8-9(5)12-11(17)18-8/h1-4H,(H,12,17)(H,13,14)(H,15,16). The number of H-pyrrole nitrogens is 2. The Morgan fingerprint density at radius 1 is 1.39 bits per heavy atom. The molecule has 3 rings (SSSR count). The van der Waals surface area contributed by atoms with Crippen molar-refractivity contribution < 1.29 is 14.3 Å². The third-order valence-corrected chi connectivity index (χ3v) is 2.54. The van der Waals surface area contributed by atoms with Crippen molar-refractivity contribution in [2.75, 3.05) is 0 Å². The molecule has 2 heterocycles. The highest BCUT2D eigenvalue weighted by molar-refractivity contribution is 5.92. The molecule has 0 atom stereocenters. The number of fused-ring (bicyclic) bond motifs is 1. The van der Waals surface area contributed by atoms with E-state index in [9.17, 15) is 9.59 Å². The van der Waals surface area contributed by atoms with Gasteiger partial charge in [-0.1, -0.05) is 12.1 Å². The van der Waals surface area contributed by atoms with Crippen molar-refractivity contribution in [2.45, 2.75) is 0 Å². The number of nitrogens with zero attached hydrogens (tertiary/aromatic N) is 1. The Hall–Kier alpha value is -2.83. The molecule has 0 unspecified atom stereocenters. The molecule has 0 spiro atoms. The van der Waals surface area contributed by atoms with E-state index in [0.29, 0.717) is 22.4 Å². The molecule has 0 aliphatic carbocycles. The molecular weight excluding hydrogens is 238 g/mol. The van der Waals surface area contributed by atoms with Gasteiger partial charge in [-0.3, -0.25) is 10.1 Å². The molecule has 1 aromatic carbocycles. The van der Waals surface area contributed by atoms with Crippen LogP contribution in [0.3, 0.4) is 0 Å². The van der Waals surface area contributed by atoms with Gasteiger partial charge >= 0.3 is 11.7 Å². The first kappa shape index (κ1) is 10.3. The van der Waals surface area contributed by atoms with E-state index in [0.717, 1.165) is 0 Å². The fourth-order valence-corrected chi connectivity index (χ4v) is 1.76. The minimum atomic E-state index is -1.10. The summed E-state index contributed by atoms with van der Waals surface area (Å²) in [5.41, 5.74) is 1.90. The van der Waals surface area contributed by atoms with Crippen molar-refractivity contribution in [1.82, 2.24) is 15.2 Å². The number of aromatic nitrogens is 3. The van der Waals surface area contributed by atoms with E-state index in [2.05, 4.69) is 15.2 Å². The highest BCUT2D eigenvalue weighted by Crippen LogP contribution is 2.25. The molecule has 90 valence electrons. The lowest BCUT2D eigenvalue weighted by molar-refractivity contribution is 0.0690. The number of hydrogen-bond acceptors (Lipinski definition) is 4. The molecule has 3 aromatic rings. The van der Waals surface area contributed by atoms with E-state index in [1.54, 1.807) is 18.2 Å². The summed E-state index contributed by atoms with van der Waals surface area (Å²) in [5.74, 6) is -1.66. The van der Waals surface area contributed by atoms with Gasteiger partial charge in [0.2, 0.25) is 0 Å². The Morgan fingerprint density at radius 3 is 2.94 bits per heavy atom. The van der Waals surface area contributed by atoms with E-state index in [1.807, 2.05) is 0 Å². The Kier molecular flexibility index (Phi) is 2.06. The molecule has 0 bridgehead atoms. The smallest absolute Gasteiger partial charge is 0.417 e. The van der Waals surface area contributed by atoms with Crippen LogP contribution in [0.1, 0.15) is 10.5 Å². The minimum Gasteiger partial charge on any atom is -0.477 e. The number of carbonyl (C=O) groups is 1. The number of rotatable bonds is 2. The number of aromatic amines is 2.